The largest absolute Gasteiger partial charge is 0.463 e. The van der Waals surface area contributed by atoms with Gasteiger partial charge in [0, 0.05) is 34.6 Å². The SMILES string of the molecule is CC(=O)OC[C@H]1O[C@H](N[C@@H]2[C@@H](OC(C)=O)C=C[C@]2(O)COC(=O)C(C)(C)C)[C@H](OC(C)=O)[C@@H](OC(C)=O)[C@@H]1OC(C)=O. The van der Waals surface area contributed by atoms with Gasteiger partial charge in [0.15, 0.2) is 24.5 Å². The van der Waals surface area contributed by atoms with E-state index in [1.165, 1.54) is 12.2 Å². The fraction of sp³-hybridized carbons (Fsp3) is 0.704. The third-order valence-electron chi connectivity index (χ3n) is 6.13. The van der Waals surface area contributed by atoms with Crippen LogP contribution in [0.15, 0.2) is 12.2 Å². The number of carbonyl (C=O) groups is 6. The maximum absolute atomic E-state index is 12.5. The van der Waals surface area contributed by atoms with Crippen LogP contribution in [0.2, 0.25) is 0 Å². The van der Waals surface area contributed by atoms with E-state index < -0.39 is 103 Å². The number of esters is 6. The van der Waals surface area contributed by atoms with Gasteiger partial charge < -0.3 is 38.3 Å². The van der Waals surface area contributed by atoms with Crippen molar-refractivity contribution in [2.24, 2.45) is 5.41 Å². The summed E-state index contributed by atoms with van der Waals surface area (Å²) in [6.07, 6.45) is -5.56. The third-order valence-corrected chi connectivity index (χ3v) is 6.13. The minimum Gasteiger partial charge on any atom is -0.463 e. The summed E-state index contributed by atoms with van der Waals surface area (Å²) in [5.41, 5.74) is -2.86. The molecule has 8 atom stereocenters. The molecule has 1 saturated heterocycles. The second kappa shape index (κ2) is 14.1. The molecule has 0 amide bonds. The summed E-state index contributed by atoms with van der Waals surface area (Å²) in [7, 11) is 0. The van der Waals surface area contributed by atoms with E-state index in [1.807, 2.05) is 0 Å². The highest BCUT2D eigenvalue weighted by atomic mass is 16.7. The number of carbonyl (C=O) groups excluding carboxylic acids is 6. The molecule has 15 nitrogen and oxygen atoms in total. The molecule has 2 rings (SSSR count). The Morgan fingerprint density at radius 2 is 1.31 bits per heavy atom. The van der Waals surface area contributed by atoms with Gasteiger partial charge in [-0.3, -0.25) is 34.1 Å². The van der Waals surface area contributed by atoms with Crippen molar-refractivity contribution in [2.45, 2.75) is 104 Å². The summed E-state index contributed by atoms with van der Waals surface area (Å²) < 4.78 is 38.0. The van der Waals surface area contributed by atoms with E-state index >= 15 is 0 Å². The molecule has 2 aliphatic rings. The zero-order valence-corrected chi connectivity index (χ0v) is 24.9. The van der Waals surface area contributed by atoms with E-state index in [4.69, 9.17) is 33.2 Å². The predicted octanol–water partition coefficient (Wildman–Crippen LogP) is -0.150. The molecule has 1 aliphatic carbocycles. The van der Waals surface area contributed by atoms with Crippen LogP contribution in [0, 0.1) is 5.41 Å². The number of hydrogen-bond donors (Lipinski definition) is 2. The third kappa shape index (κ3) is 9.49. The molecule has 0 aromatic rings. The van der Waals surface area contributed by atoms with Crippen LogP contribution in [0.1, 0.15) is 55.4 Å². The van der Waals surface area contributed by atoms with E-state index in [1.54, 1.807) is 20.8 Å². The second-order valence-corrected chi connectivity index (χ2v) is 11.0. The number of hydrogen-bond acceptors (Lipinski definition) is 15. The topological polar surface area (TPSA) is 199 Å². The van der Waals surface area contributed by atoms with Crippen molar-refractivity contribution in [2.75, 3.05) is 13.2 Å². The van der Waals surface area contributed by atoms with Crippen LogP contribution in [0.3, 0.4) is 0 Å². The van der Waals surface area contributed by atoms with Gasteiger partial charge in [0.05, 0.1) is 11.5 Å². The summed E-state index contributed by atoms with van der Waals surface area (Å²) >= 11 is 0. The lowest BCUT2D eigenvalue weighted by Crippen LogP contribution is -2.69. The quantitative estimate of drug-likeness (QED) is 0.190. The Balaban J connectivity index is 2.54. The molecule has 0 spiro atoms. The number of nitrogens with one attached hydrogen (secondary N) is 1. The maximum Gasteiger partial charge on any atom is 0.311 e. The second-order valence-electron chi connectivity index (χ2n) is 11.0. The monoisotopic (exact) mass is 601 g/mol. The molecule has 0 unspecified atom stereocenters. The first-order valence-corrected chi connectivity index (χ1v) is 13.2. The van der Waals surface area contributed by atoms with Gasteiger partial charge >= 0.3 is 35.8 Å². The van der Waals surface area contributed by atoms with Crippen molar-refractivity contribution < 1.29 is 67.0 Å². The Morgan fingerprint density at radius 1 is 0.786 bits per heavy atom. The van der Waals surface area contributed by atoms with Crippen LogP contribution in [0.25, 0.3) is 0 Å². The standard InChI is InChI=1S/C27H39NO14/c1-13(29)36-11-19-20(39-15(3)31)21(40-16(4)32)22(41-17(5)33)24(42-19)28-23-18(38-14(2)30)9-10-27(23,35)12-37-25(34)26(6,7)8/h9-10,18-24,28,35H,11-12H2,1-8H3/t18-,19+,20+,21-,22+,23+,24-,27-/m0/s1. The van der Waals surface area contributed by atoms with Crippen molar-refractivity contribution in [1.82, 2.24) is 5.32 Å². The zero-order valence-electron chi connectivity index (χ0n) is 24.9. The maximum atomic E-state index is 12.5. The lowest BCUT2D eigenvalue weighted by Gasteiger charge is -2.46. The van der Waals surface area contributed by atoms with Gasteiger partial charge in [-0.1, -0.05) is 0 Å². The molecule has 15 heteroatoms. The minimum atomic E-state index is -1.97. The Kier molecular flexibility index (Phi) is 11.6. The fourth-order valence-corrected chi connectivity index (χ4v) is 4.37. The Bertz CT molecular complexity index is 1080. The first-order valence-electron chi connectivity index (χ1n) is 13.2. The fourth-order valence-electron chi connectivity index (χ4n) is 4.37. The molecular formula is C27H39NO14. The summed E-state index contributed by atoms with van der Waals surface area (Å²) in [5.74, 6) is -4.47. The molecular weight excluding hydrogens is 562 g/mol. The first kappa shape index (κ1) is 34.6. The van der Waals surface area contributed by atoms with Crippen LogP contribution in [0.4, 0.5) is 0 Å². The molecule has 42 heavy (non-hydrogen) atoms. The minimum absolute atomic E-state index is 0.472. The predicted molar refractivity (Wildman–Crippen MR) is 139 cm³/mol. The smallest absolute Gasteiger partial charge is 0.311 e. The highest BCUT2D eigenvalue weighted by molar-refractivity contribution is 5.75. The molecule has 236 valence electrons. The Labute approximate surface area is 243 Å². The van der Waals surface area contributed by atoms with Crippen molar-refractivity contribution in [3.63, 3.8) is 0 Å². The van der Waals surface area contributed by atoms with Crippen molar-refractivity contribution in [1.29, 1.82) is 0 Å². The Hall–Kier alpha value is -3.56. The Morgan fingerprint density at radius 3 is 1.81 bits per heavy atom. The van der Waals surface area contributed by atoms with Crippen molar-refractivity contribution in [3.8, 4) is 0 Å². The zero-order chi connectivity index (χ0) is 32.0. The van der Waals surface area contributed by atoms with Gasteiger partial charge in [0.25, 0.3) is 0 Å². The number of rotatable bonds is 10. The summed E-state index contributed by atoms with van der Waals surface area (Å²) in [4.78, 5) is 72.1. The van der Waals surface area contributed by atoms with E-state index in [-0.39, 0.29) is 0 Å². The number of aliphatic hydroxyl groups is 1. The average molecular weight is 602 g/mol. The van der Waals surface area contributed by atoms with Crippen molar-refractivity contribution >= 4 is 35.8 Å². The molecule has 0 bridgehead atoms. The van der Waals surface area contributed by atoms with Gasteiger partial charge in [-0.2, -0.15) is 0 Å². The van der Waals surface area contributed by atoms with E-state index in [0.29, 0.717) is 0 Å². The van der Waals surface area contributed by atoms with Gasteiger partial charge in [0.1, 0.15) is 31.0 Å². The molecule has 1 aliphatic heterocycles. The van der Waals surface area contributed by atoms with E-state index in [0.717, 1.165) is 34.6 Å². The van der Waals surface area contributed by atoms with Crippen LogP contribution >= 0.6 is 0 Å². The molecule has 0 radical (unpaired) electrons. The lowest BCUT2D eigenvalue weighted by molar-refractivity contribution is -0.261. The lowest BCUT2D eigenvalue weighted by atomic mass is 9.93. The average Bonchev–Trinajstić information content (AvgIpc) is 3.13. The normalized spacial score (nSPS) is 30.5. The van der Waals surface area contributed by atoms with Crippen LogP contribution in [0.5, 0.6) is 0 Å². The molecule has 0 saturated carbocycles. The molecule has 1 heterocycles. The molecule has 0 aromatic carbocycles. The van der Waals surface area contributed by atoms with Gasteiger partial charge in [0.2, 0.25) is 0 Å². The van der Waals surface area contributed by atoms with Gasteiger partial charge in [-0.25, -0.2) is 0 Å². The molecule has 2 N–H and O–H groups in total. The van der Waals surface area contributed by atoms with E-state index in [2.05, 4.69) is 5.32 Å². The van der Waals surface area contributed by atoms with Crippen LogP contribution < -0.4 is 5.32 Å². The number of ether oxygens (including phenoxy) is 7. The van der Waals surface area contributed by atoms with Crippen LogP contribution in [-0.4, -0.2) is 103 Å². The van der Waals surface area contributed by atoms with Gasteiger partial charge in [-0.05, 0) is 32.9 Å². The summed E-state index contributed by atoms with van der Waals surface area (Å²) in [6, 6.07) is -1.27. The van der Waals surface area contributed by atoms with Crippen LogP contribution in [-0.2, 0) is 61.9 Å². The van der Waals surface area contributed by atoms with E-state index in [9.17, 15) is 33.9 Å². The van der Waals surface area contributed by atoms with Gasteiger partial charge in [-0.15, -0.1) is 0 Å². The van der Waals surface area contributed by atoms with Crippen molar-refractivity contribution in [3.05, 3.63) is 12.2 Å². The summed E-state index contributed by atoms with van der Waals surface area (Å²) in [6.45, 7) is 9.36. The summed E-state index contributed by atoms with van der Waals surface area (Å²) in [5, 5.41) is 14.5. The molecule has 0 aromatic heterocycles. The highest BCUT2D eigenvalue weighted by Gasteiger charge is 2.55. The first-order chi connectivity index (χ1) is 19.3. The highest BCUT2D eigenvalue weighted by Crippen LogP contribution is 2.33. The molecule has 1 fully saturated rings.